The van der Waals surface area contributed by atoms with Crippen molar-refractivity contribution < 1.29 is 4.79 Å². The lowest BCUT2D eigenvalue weighted by molar-refractivity contribution is 0.146. The number of hydrogen-bond donors (Lipinski definition) is 1. The highest BCUT2D eigenvalue weighted by Gasteiger charge is 2.25. The molecule has 5 heteroatoms. The number of likely N-dealkylation sites (tertiary alicyclic amines) is 1. The second-order valence-electron chi connectivity index (χ2n) is 7.29. The summed E-state index contributed by atoms with van der Waals surface area (Å²) in [5, 5.41) is 3.06. The van der Waals surface area contributed by atoms with Crippen molar-refractivity contribution in [2.75, 3.05) is 19.6 Å². The average Bonchev–Trinajstić information content (AvgIpc) is 3.02. The van der Waals surface area contributed by atoms with E-state index in [1.165, 1.54) is 12.0 Å². The molecule has 1 aromatic heterocycles. The molecule has 134 valence electrons. The number of imidazole rings is 1. The van der Waals surface area contributed by atoms with Gasteiger partial charge in [0.15, 0.2) is 0 Å². The minimum Gasteiger partial charge on any atom is -0.338 e. The van der Waals surface area contributed by atoms with Gasteiger partial charge >= 0.3 is 6.03 Å². The second-order valence-corrected chi connectivity index (χ2v) is 7.29. The van der Waals surface area contributed by atoms with Crippen LogP contribution in [0, 0.1) is 11.8 Å². The highest BCUT2D eigenvalue weighted by atomic mass is 16.2. The summed E-state index contributed by atoms with van der Waals surface area (Å²) in [4.78, 5) is 18.8. The summed E-state index contributed by atoms with van der Waals surface area (Å²) in [7, 11) is 0. The Morgan fingerprint density at radius 2 is 1.92 bits per heavy atom. The van der Waals surface area contributed by atoms with Gasteiger partial charge in [0.25, 0.3) is 0 Å². The Morgan fingerprint density at radius 3 is 2.64 bits per heavy atom. The van der Waals surface area contributed by atoms with Gasteiger partial charge in [0.1, 0.15) is 5.82 Å². The molecule has 0 spiro atoms. The number of hydrogen-bond acceptors (Lipinski definition) is 2. The van der Waals surface area contributed by atoms with Crippen molar-refractivity contribution in [2.24, 2.45) is 11.8 Å². The molecule has 1 saturated heterocycles. The van der Waals surface area contributed by atoms with Crippen LogP contribution in [0.5, 0.6) is 0 Å². The van der Waals surface area contributed by atoms with Gasteiger partial charge in [-0.1, -0.05) is 44.2 Å². The van der Waals surface area contributed by atoms with Gasteiger partial charge in [0.05, 0.1) is 0 Å². The molecule has 1 N–H and O–H groups in total. The third-order valence-electron chi connectivity index (χ3n) is 4.78. The van der Waals surface area contributed by atoms with Crippen LogP contribution in [-0.4, -0.2) is 40.1 Å². The molecular weight excluding hydrogens is 312 g/mol. The fraction of sp³-hybridized carbons (Fsp3) is 0.500. The maximum Gasteiger partial charge on any atom is 0.317 e. The number of urea groups is 1. The Balaban J connectivity index is 1.49. The van der Waals surface area contributed by atoms with E-state index < -0.39 is 0 Å². The summed E-state index contributed by atoms with van der Waals surface area (Å²) in [5.41, 5.74) is 1.25. The molecule has 0 radical (unpaired) electrons. The molecule has 25 heavy (non-hydrogen) atoms. The van der Waals surface area contributed by atoms with Crippen LogP contribution in [0.25, 0.3) is 0 Å². The molecule has 0 aliphatic carbocycles. The van der Waals surface area contributed by atoms with Crippen LogP contribution in [-0.2, 0) is 13.0 Å². The van der Waals surface area contributed by atoms with Crippen molar-refractivity contribution >= 4 is 6.03 Å². The number of amides is 2. The number of carbonyl (C=O) groups excluding carboxylic acids is 1. The number of piperidine rings is 1. The number of rotatable bonds is 5. The van der Waals surface area contributed by atoms with Gasteiger partial charge in [0, 0.05) is 45.0 Å². The Morgan fingerprint density at radius 1 is 1.20 bits per heavy atom. The lowest BCUT2D eigenvalue weighted by Crippen LogP contribution is -2.47. The van der Waals surface area contributed by atoms with Crippen molar-refractivity contribution in [3.8, 4) is 0 Å². The summed E-state index contributed by atoms with van der Waals surface area (Å²) in [6, 6.07) is 10.4. The molecule has 3 rings (SSSR count). The fourth-order valence-corrected chi connectivity index (χ4v) is 3.71. The summed E-state index contributed by atoms with van der Waals surface area (Å²) < 4.78 is 2.15. The first-order valence-corrected chi connectivity index (χ1v) is 9.18. The van der Waals surface area contributed by atoms with Gasteiger partial charge in [-0.15, -0.1) is 0 Å². The third-order valence-corrected chi connectivity index (χ3v) is 4.78. The molecule has 0 saturated carbocycles. The zero-order valence-electron chi connectivity index (χ0n) is 15.2. The number of aromatic nitrogens is 2. The zero-order valence-corrected chi connectivity index (χ0v) is 15.2. The third kappa shape index (κ3) is 4.84. The van der Waals surface area contributed by atoms with Crippen LogP contribution >= 0.6 is 0 Å². The molecule has 2 amide bonds. The normalized spacial score (nSPS) is 20.5. The molecule has 5 nitrogen and oxygen atoms in total. The predicted molar refractivity (Wildman–Crippen MR) is 99.4 cm³/mol. The predicted octanol–water partition coefficient (Wildman–Crippen LogP) is 3.16. The number of nitrogens with zero attached hydrogens (tertiary/aromatic N) is 3. The molecule has 2 heterocycles. The minimum absolute atomic E-state index is 0.0552. The van der Waals surface area contributed by atoms with E-state index in [1.54, 1.807) is 0 Å². The van der Waals surface area contributed by atoms with Crippen LogP contribution < -0.4 is 5.32 Å². The van der Waals surface area contributed by atoms with Crippen molar-refractivity contribution in [3.05, 3.63) is 54.1 Å². The first kappa shape index (κ1) is 17.5. The molecule has 0 bridgehead atoms. The van der Waals surface area contributed by atoms with Crippen LogP contribution in [0.2, 0.25) is 0 Å². The standard InChI is InChI=1S/C20H28N4O/c1-16-12-17(2)14-24(13-16)20(25)22-9-8-19-21-10-11-23(19)15-18-6-4-3-5-7-18/h3-7,10-11,16-17H,8-9,12-15H2,1-2H3,(H,22,25). The summed E-state index contributed by atoms with van der Waals surface area (Å²) in [6.07, 6.45) is 5.78. The lowest BCUT2D eigenvalue weighted by atomic mass is 9.92. The van der Waals surface area contributed by atoms with E-state index in [-0.39, 0.29) is 6.03 Å². The second kappa shape index (κ2) is 8.19. The van der Waals surface area contributed by atoms with Gasteiger partial charge in [-0.25, -0.2) is 9.78 Å². The molecule has 1 aliphatic heterocycles. The van der Waals surface area contributed by atoms with Gasteiger partial charge < -0.3 is 14.8 Å². The maximum absolute atomic E-state index is 12.4. The monoisotopic (exact) mass is 340 g/mol. The summed E-state index contributed by atoms with van der Waals surface area (Å²) >= 11 is 0. The van der Waals surface area contributed by atoms with Gasteiger partial charge in [-0.3, -0.25) is 0 Å². The summed E-state index contributed by atoms with van der Waals surface area (Å²) in [5.74, 6) is 2.17. The first-order chi connectivity index (χ1) is 12.1. The average molecular weight is 340 g/mol. The van der Waals surface area contributed by atoms with Crippen LogP contribution in [0.15, 0.2) is 42.7 Å². The number of carbonyl (C=O) groups is 1. The van der Waals surface area contributed by atoms with E-state index in [9.17, 15) is 4.79 Å². The maximum atomic E-state index is 12.4. The van der Waals surface area contributed by atoms with E-state index in [0.29, 0.717) is 18.4 Å². The largest absolute Gasteiger partial charge is 0.338 e. The zero-order chi connectivity index (χ0) is 17.6. The molecule has 2 unspecified atom stereocenters. The van der Waals surface area contributed by atoms with Crippen LogP contribution in [0.4, 0.5) is 4.79 Å². The van der Waals surface area contributed by atoms with Crippen molar-refractivity contribution in [3.63, 3.8) is 0 Å². The molecule has 2 aromatic rings. The SMILES string of the molecule is CC1CC(C)CN(C(=O)NCCc2nccn2Cc2ccccc2)C1. The van der Waals surface area contributed by atoms with E-state index in [0.717, 1.165) is 31.9 Å². The van der Waals surface area contributed by atoms with Gasteiger partial charge in [-0.05, 0) is 23.8 Å². The van der Waals surface area contributed by atoms with Crippen molar-refractivity contribution in [2.45, 2.75) is 33.2 Å². The van der Waals surface area contributed by atoms with Crippen LogP contribution in [0.1, 0.15) is 31.7 Å². The summed E-state index contributed by atoms with van der Waals surface area (Å²) in [6.45, 7) is 7.58. The van der Waals surface area contributed by atoms with E-state index in [2.05, 4.69) is 40.8 Å². The minimum atomic E-state index is 0.0552. The Labute approximate surface area is 150 Å². The van der Waals surface area contributed by atoms with Crippen molar-refractivity contribution in [1.29, 1.82) is 0 Å². The van der Waals surface area contributed by atoms with E-state index >= 15 is 0 Å². The Bertz CT molecular complexity index is 672. The number of nitrogens with one attached hydrogen (secondary N) is 1. The smallest absolute Gasteiger partial charge is 0.317 e. The molecule has 1 aromatic carbocycles. The first-order valence-electron chi connectivity index (χ1n) is 9.18. The Hall–Kier alpha value is -2.30. The topological polar surface area (TPSA) is 50.2 Å². The molecule has 1 fully saturated rings. The highest BCUT2D eigenvalue weighted by molar-refractivity contribution is 5.74. The van der Waals surface area contributed by atoms with Crippen LogP contribution in [0.3, 0.4) is 0 Å². The molecule has 1 aliphatic rings. The van der Waals surface area contributed by atoms with Gasteiger partial charge in [-0.2, -0.15) is 0 Å². The van der Waals surface area contributed by atoms with E-state index in [1.807, 2.05) is 35.5 Å². The van der Waals surface area contributed by atoms with E-state index in [4.69, 9.17) is 0 Å². The van der Waals surface area contributed by atoms with Crippen molar-refractivity contribution in [1.82, 2.24) is 19.8 Å². The fourth-order valence-electron chi connectivity index (χ4n) is 3.71. The quantitative estimate of drug-likeness (QED) is 0.909. The number of benzene rings is 1. The Kier molecular flexibility index (Phi) is 5.74. The molecular formula is C20H28N4O. The molecule has 2 atom stereocenters. The highest BCUT2D eigenvalue weighted by Crippen LogP contribution is 2.20. The van der Waals surface area contributed by atoms with Gasteiger partial charge in [0.2, 0.25) is 0 Å². The lowest BCUT2D eigenvalue weighted by Gasteiger charge is -2.34.